The van der Waals surface area contributed by atoms with E-state index in [4.69, 9.17) is 4.74 Å². The maximum absolute atomic E-state index is 12.3. The van der Waals surface area contributed by atoms with Crippen LogP contribution in [0.5, 0.6) is 5.75 Å². The van der Waals surface area contributed by atoms with E-state index >= 15 is 0 Å². The van der Waals surface area contributed by atoms with Gasteiger partial charge in [-0.1, -0.05) is 12.1 Å². The van der Waals surface area contributed by atoms with E-state index in [9.17, 15) is 4.79 Å². The third-order valence-electron chi connectivity index (χ3n) is 3.90. The molecule has 1 heterocycles. The molecule has 6 heteroatoms. The van der Waals surface area contributed by atoms with Gasteiger partial charge in [-0.05, 0) is 37.5 Å². The van der Waals surface area contributed by atoms with Crippen molar-refractivity contribution >= 4 is 6.03 Å². The van der Waals surface area contributed by atoms with Crippen LogP contribution in [0.1, 0.15) is 23.6 Å². The second kappa shape index (κ2) is 7.86. The van der Waals surface area contributed by atoms with Crippen LogP contribution in [-0.2, 0) is 13.1 Å². The lowest BCUT2D eigenvalue weighted by Gasteiger charge is -2.22. The maximum Gasteiger partial charge on any atom is 0.317 e. The number of carbonyl (C=O) groups excluding carboxylic acids is 1. The Morgan fingerprint density at radius 2 is 2.04 bits per heavy atom. The first-order chi connectivity index (χ1) is 11.4. The van der Waals surface area contributed by atoms with E-state index in [1.807, 2.05) is 31.5 Å². The first-order valence-corrected chi connectivity index (χ1v) is 8.02. The molecule has 0 fully saturated rings. The Hall–Kier alpha value is -2.50. The van der Waals surface area contributed by atoms with E-state index in [0.29, 0.717) is 13.1 Å². The number of aromatic nitrogens is 2. The van der Waals surface area contributed by atoms with Crippen LogP contribution < -0.4 is 10.1 Å². The second-order valence-corrected chi connectivity index (χ2v) is 6.23. The predicted molar refractivity (Wildman–Crippen MR) is 94.2 cm³/mol. The van der Waals surface area contributed by atoms with E-state index in [0.717, 1.165) is 22.4 Å². The van der Waals surface area contributed by atoms with Gasteiger partial charge in [-0.3, -0.25) is 0 Å². The lowest BCUT2D eigenvalue weighted by atomic mass is 10.1. The van der Waals surface area contributed by atoms with Gasteiger partial charge in [-0.2, -0.15) is 0 Å². The largest absolute Gasteiger partial charge is 0.496 e. The van der Waals surface area contributed by atoms with Crippen LogP contribution in [0.4, 0.5) is 4.79 Å². The van der Waals surface area contributed by atoms with Crippen molar-refractivity contribution in [3.8, 4) is 5.75 Å². The first kappa shape index (κ1) is 17.8. The number of nitrogens with zero attached hydrogens (tertiary/aromatic N) is 3. The number of hydrogen-bond donors (Lipinski definition) is 1. The smallest absolute Gasteiger partial charge is 0.317 e. The molecule has 0 spiro atoms. The number of nitrogens with one attached hydrogen (secondary N) is 1. The van der Waals surface area contributed by atoms with Gasteiger partial charge in [0.1, 0.15) is 5.75 Å². The highest BCUT2D eigenvalue weighted by Gasteiger charge is 2.14. The Balaban J connectivity index is 1.93. The molecule has 24 heavy (non-hydrogen) atoms. The Bertz CT molecular complexity index is 659. The van der Waals surface area contributed by atoms with Crippen molar-refractivity contribution in [1.82, 2.24) is 19.8 Å². The highest BCUT2D eigenvalue weighted by atomic mass is 16.5. The van der Waals surface area contributed by atoms with E-state index in [1.54, 1.807) is 31.6 Å². The molecule has 1 aromatic carbocycles. The van der Waals surface area contributed by atoms with Gasteiger partial charge in [0.05, 0.1) is 13.4 Å². The summed E-state index contributed by atoms with van der Waals surface area (Å²) in [6.45, 7) is 7.26. The molecule has 130 valence electrons. The molecule has 0 aliphatic rings. The summed E-state index contributed by atoms with van der Waals surface area (Å²) >= 11 is 0. The summed E-state index contributed by atoms with van der Waals surface area (Å²) in [6.07, 6.45) is 5.36. The van der Waals surface area contributed by atoms with Gasteiger partial charge in [0.15, 0.2) is 0 Å². The fourth-order valence-corrected chi connectivity index (χ4v) is 2.88. The normalized spacial score (nSPS) is 11.9. The molecule has 0 saturated carbocycles. The molecule has 2 amide bonds. The van der Waals surface area contributed by atoms with Crippen LogP contribution in [0.15, 0.2) is 30.9 Å². The minimum Gasteiger partial charge on any atom is -0.496 e. The lowest BCUT2D eigenvalue weighted by molar-refractivity contribution is 0.202. The quantitative estimate of drug-likeness (QED) is 0.886. The van der Waals surface area contributed by atoms with Crippen LogP contribution in [0.3, 0.4) is 0 Å². The summed E-state index contributed by atoms with van der Waals surface area (Å²) in [4.78, 5) is 18.0. The number of hydrogen-bond acceptors (Lipinski definition) is 3. The molecule has 0 aliphatic heterocycles. The number of amides is 2. The SMILES string of the molecule is COc1c(C)cc(CN(C)C(=O)N[C@H](C)Cn2ccnc2)cc1C. The third kappa shape index (κ3) is 4.50. The molecule has 0 radical (unpaired) electrons. The van der Waals surface area contributed by atoms with Gasteiger partial charge >= 0.3 is 6.03 Å². The molecule has 2 rings (SSSR count). The van der Waals surface area contributed by atoms with E-state index in [-0.39, 0.29) is 12.1 Å². The average Bonchev–Trinajstić information content (AvgIpc) is 2.99. The Morgan fingerprint density at radius 1 is 1.38 bits per heavy atom. The summed E-state index contributed by atoms with van der Waals surface area (Å²) in [5.41, 5.74) is 3.25. The van der Waals surface area contributed by atoms with Crippen molar-refractivity contribution in [2.24, 2.45) is 0 Å². The number of rotatable bonds is 6. The molecular weight excluding hydrogens is 304 g/mol. The van der Waals surface area contributed by atoms with E-state index in [1.165, 1.54) is 0 Å². The lowest BCUT2D eigenvalue weighted by Crippen LogP contribution is -2.43. The fraction of sp³-hybridized carbons (Fsp3) is 0.444. The Labute approximate surface area is 143 Å². The predicted octanol–water partition coefficient (Wildman–Crippen LogP) is 2.74. The van der Waals surface area contributed by atoms with Crippen LogP contribution in [0, 0.1) is 13.8 Å². The Morgan fingerprint density at radius 3 is 2.58 bits per heavy atom. The molecule has 1 aromatic heterocycles. The molecule has 6 nitrogen and oxygen atoms in total. The van der Waals surface area contributed by atoms with Crippen LogP contribution in [0.2, 0.25) is 0 Å². The average molecular weight is 330 g/mol. The first-order valence-electron chi connectivity index (χ1n) is 8.02. The number of benzene rings is 1. The monoisotopic (exact) mass is 330 g/mol. The number of urea groups is 1. The molecule has 0 saturated heterocycles. The van der Waals surface area contributed by atoms with Gasteiger partial charge in [-0.25, -0.2) is 9.78 Å². The number of ether oxygens (including phenoxy) is 1. The van der Waals surface area contributed by atoms with Gasteiger partial charge in [0.2, 0.25) is 0 Å². The molecule has 1 N–H and O–H groups in total. The molecular formula is C18H26N4O2. The number of aryl methyl sites for hydroxylation is 2. The van der Waals surface area contributed by atoms with E-state index < -0.39 is 0 Å². The highest BCUT2D eigenvalue weighted by molar-refractivity contribution is 5.74. The van der Waals surface area contributed by atoms with E-state index in [2.05, 4.69) is 22.4 Å². The third-order valence-corrected chi connectivity index (χ3v) is 3.90. The zero-order valence-electron chi connectivity index (χ0n) is 15.0. The second-order valence-electron chi connectivity index (χ2n) is 6.23. The number of carbonyl (C=O) groups is 1. The molecule has 0 unspecified atom stereocenters. The Kier molecular flexibility index (Phi) is 5.84. The van der Waals surface area contributed by atoms with Crippen LogP contribution in [0.25, 0.3) is 0 Å². The summed E-state index contributed by atoms with van der Waals surface area (Å²) in [5.74, 6) is 0.903. The zero-order chi connectivity index (χ0) is 17.7. The summed E-state index contributed by atoms with van der Waals surface area (Å²) < 4.78 is 7.33. The van der Waals surface area contributed by atoms with Gasteiger partial charge in [-0.15, -0.1) is 0 Å². The number of imidazole rings is 1. The fourth-order valence-electron chi connectivity index (χ4n) is 2.88. The minimum atomic E-state index is -0.0891. The van der Waals surface area contributed by atoms with Crippen molar-refractivity contribution in [3.63, 3.8) is 0 Å². The minimum absolute atomic E-state index is 0.0217. The molecule has 1 atom stereocenters. The van der Waals surface area contributed by atoms with Crippen molar-refractivity contribution in [2.45, 2.75) is 39.9 Å². The summed E-state index contributed by atoms with van der Waals surface area (Å²) in [5, 5.41) is 3.00. The van der Waals surface area contributed by atoms with Crippen LogP contribution in [-0.4, -0.2) is 40.7 Å². The standard InChI is InChI=1S/C18H26N4O2/c1-13-8-16(9-14(2)17(13)24-5)11-21(4)18(23)20-15(3)10-22-7-6-19-12-22/h6-9,12,15H,10-11H2,1-5H3,(H,20,23)/t15-/m1/s1. The number of methoxy groups -OCH3 is 1. The topological polar surface area (TPSA) is 59.4 Å². The van der Waals surface area contributed by atoms with Crippen molar-refractivity contribution in [1.29, 1.82) is 0 Å². The van der Waals surface area contributed by atoms with Crippen molar-refractivity contribution in [2.75, 3.05) is 14.2 Å². The zero-order valence-corrected chi connectivity index (χ0v) is 15.0. The molecule has 0 aliphatic carbocycles. The summed E-state index contributed by atoms with van der Waals surface area (Å²) in [7, 11) is 3.48. The van der Waals surface area contributed by atoms with Crippen molar-refractivity contribution < 1.29 is 9.53 Å². The van der Waals surface area contributed by atoms with Crippen LogP contribution >= 0.6 is 0 Å². The van der Waals surface area contributed by atoms with Gasteiger partial charge in [0, 0.05) is 38.6 Å². The van der Waals surface area contributed by atoms with Crippen molar-refractivity contribution in [3.05, 3.63) is 47.5 Å². The summed E-state index contributed by atoms with van der Waals surface area (Å²) in [6, 6.07) is 4.05. The van der Waals surface area contributed by atoms with Gasteiger partial charge in [0.25, 0.3) is 0 Å². The van der Waals surface area contributed by atoms with Gasteiger partial charge < -0.3 is 19.5 Å². The molecule has 0 bridgehead atoms. The molecule has 2 aromatic rings. The highest BCUT2D eigenvalue weighted by Crippen LogP contribution is 2.24. The maximum atomic E-state index is 12.3.